The Morgan fingerprint density at radius 1 is 1.29 bits per heavy atom. The van der Waals surface area contributed by atoms with Gasteiger partial charge in [-0.1, -0.05) is 0 Å². The molecule has 1 amide bonds. The molecule has 1 aromatic rings. The molecule has 8 heteroatoms. The van der Waals surface area contributed by atoms with E-state index in [1.54, 1.807) is 12.0 Å². The second-order valence-corrected chi connectivity index (χ2v) is 9.97. The van der Waals surface area contributed by atoms with Gasteiger partial charge in [0.1, 0.15) is 5.75 Å². The Hall–Kier alpha value is -1.80. The van der Waals surface area contributed by atoms with Gasteiger partial charge in [0, 0.05) is 18.3 Å². The van der Waals surface area contributed by atoms with Crippen LogP contribution in [0.1, 0.15) is 20.3 Å². The fourth-order valence-electron chi connectivity index (χ4n) is 4.32. The van der Waals surface area contributed by atoms with Gasteiger partial charge in [0.05, 0.1) is 44.8 Å². The highest BCUT2D eigenvalue weighted by atomic mass is 32.2. The molecule has 0 unspecified atom stereocenters. The molecule has 0 aromatic heterocycles. The zero-order chi connectivity index (χ0) is 20.3. The van der Waals surface area contributed by atoms with Crippen LogP contribution in [-0.4, -0.2) is 82.6 Å². The van der Waals surface area contributed by atoms with Crippen molar-refractivity contribution in [3.05, 3.63) is 24.3 Å². The summed E-state index contributed by atoms with van der Waals surface area (Å²) in [5, 5.41) is 0. The van der Waals surface area contributed by atoms with Crippen LogP contribution in [0, 0.1) is 0 Å². The quantitative estimate of drug-likeness (QED) is 0.705. The summed E-state index contributed by atoms with van der Waals surface area (Å²) in [5.74, 6) is 1.24. The predicted octanol–water partition coefficient (Wildman–Crippen LogP) is -0.176. The Morgan fingerprint density at radius 2 is 1.93 bits per heavy atom. The Bertz CT molecular complexity index is 773. The van der Waals surface area contributed by atoms with Crippen LogP contribution in [0.15, 0.2) is 24.3 Å². The van der Waals surface area contributed by atoms with Gasteiger partial charge in [-0.05, 0) is 44.5 Å². The van der Waals surface area contributed by atoms with E-state index < -0.39 is 9.84 Å². The van der Waals surface area contributed by atoms with Crippen LogP contribution in [0.5, 0.6) is 5.75 Å². The Morgan fingerprint density at radius 3 is 2.43 bits per heavy atom. The van der Waals surface area contributed by atoms with E-state index in [2.05, 4.69) is 17.0 Å². The van der Waals surface area contributed by atoms with E-state index in [0.29, 0.717) is 13.0 Å². The van der Waals surface area contributed by atoms with E-state index in [0.717, 1.165) is 31.9 Å². The van der Waals surface area contributed by atoms with E-state index in [-0.39, 0.29) is 29.5 Å². The molecule has 3 rings (SSSR count). The number of ether oxygens (including phenoxy) is 1. The summed E-state index contributed by atoms with van der Waals surface area (Å²) in [6, 6.07) is 7.76. The summed E-state index contributed by atoms with van der Waals surface area (Å²) in [4.78, 5) is 18.5. The number of quaternary nitrogens is 1. The number of sulfone groups is 1. The molecule has 0 bridgehead atoms. The first kappa shape index (κ1) is 20.9. The third kappa shape index (κ3) is 4.60. The van der Waals surface area contributed by atoms with Crippen molar-refractivity contribution in [3.8, 4) is 5.75 Å². The van der Waals surface area contributed by atoms with E-state index in [1.807, 2.05) is 26.0 Å². The van der Waals surface area contributed by atoms with Gasteiger partial charge in [-0.25, -0.2) is 8.42 Å². The minimum Gasteiger partial charge on any atom is -0.497 e. The number of hydrogen-bond acceptors (Lipinski definition) is 5. The Kier molecular flexibility index (Phi) is 6.50. The van der Waals surface area contributed by atoms with Crippen LogP contribution in [-0.2, 0) is 14.6 Å². The zero-order valence-electron chi connectivity index (χ0n) is 17.1. The van der Waals surface area contributed by atoms with Crippen molar-refractivity contribution in [3.63, 3.8) is 0 Å². The molecule has 0 spiro atoms. The first-order valence-electron chi connectivity index (χ1n) is 10.1. The molecule has 2 fully saturated rings. The number of nitrogens with one attached hydrogen (secondary N) is 1. The van der Waals surface area contributed by atoms with E-state index in [4.69, 9.17) is 4.74 Å². The Labute approximate surface area is 168 Å². The summed E-state index contributed by atoms with van der Waals surface area (Å²) in [5.41, 5.74) is 1.17. The molecule has 2 saturated heterocycles. The van der Waals surface area contributed by atoms with Gasteiger partial charge >= 0.3 is 0 Å². The van der Waals surface area contributed by atoms with Crippen LogP contribution in [0.3, 0.4) is 0 Å². The molecule has 0 saturated carbocycles. The summed E-state index contributed by atoms with van der Waals surface area (Å²) < 4.78 is 28.8. The number of carbonyl (C=O) groups excluding carboxylic acids is 1. The lowest BCUT2D eigenvalue weighted by atomic mass is 10.1. The normalized spacial score (nSPS) is 23.4. The first-order valence-corrected chi connectivity index (χ1v) is 11.9. The SMILES string of the molecule is CCN(C(=O)[C@H](C)[NH+]1CCN(c2ccc(OC)cc2)CC1)[C@@H]1CCS(=O)(=O)C1. The smallest absolute Gasteiger partial charge is 0.280 e. The number of benzene rings is 1. The number of carbonyl (C=O) groups is 1. The number of anilines is 1. The van der Waals surface area contributed by atoms with Crippen LogP contribution in [0.25, 0.3) is 0 Å². The zero-order valence-corrected chi connectivity index (χ0v) is 17.9. The molecule has 0 radical (unpaired) electrons. The number of hydrogen-bond donors (Lipinski definition) is 1. The van der Waals surface area contributed by atoms with Crippen LogP contribution >= 0.6 is 0 Å². The minimum atomic E-state index is -2.99. The van der Waals surface area contributed by atoms with Gasteiger partial charge in [0.25, 0.3) is 5.91 Å². The summed E-state index contributed by atoms with van der Waals surface area (Å²) >= 11 is 0. The van der Waals surface area contributed by atoms with Crippen molar-refractivity contribution < 1.29 is 22.8 Å². The highest BCUT2D eigenvalue weighted by molar-refractivity contribution is 7.91. The maximum atomic E-state index is 13.1. The average Bonchev–Trinajstić information content (AvgIpc) is 3.07. The van der Waals surface area contributed by atoms with Gasteiger partial charge in [0.15, 0.2) is 15.9 Å². The molecule has 1 aromatic carbocycles. The van der Waals surface area contributed by atoms with Gasteiger partial charge < -0.3 is 19.4 Å². The molecule has 2 aliphatic heterocycles. The molecule has 2 aliphatic rings. The van der Waals surface area contributed by atoms with Gasteiger partial charge in [-0.15, -0.1) is 0 Å². The lowest BCUT2D eigenvalue weighted by Gasteiger charge is -2.38. The summed E-state index contributed by atoms with van der Waals surface area (Å²) in [7, 11) is -1.33. The molecule has 2 heterocycles. The second kappa shape index (κ2) is 8.69. The van der Waals surface area contributed by atoms with Gasteiger partial charge in [-0.3, -0.25) is 4.79 Å². The maximum Gasteiger partial charge on any atom is 0.280 e. The second-order valence-electron chi connectivity index (χ2n) is 7.75. The lowest BCUT2D eigenvalue weighted by Crippen LogP contribution is -3.19. The standard InChI is InChI=1S/C20H31N3O4S/c1-4-23(18-9-14-28(25,26)15-18)20(24)16(2)21-10-12-22(13-11-21)17-5-7-19(27-3)8-6-17/h5-8,16,18H,4,9-15H2,1-3H3/p+1/t16-,18+/m0/s1. The molecule has 0 aliphatic carbocycles. The monoisotopic (exact) mass is 410 g/mol. The van der Waals surface area contributed by atoms with E-state index in [9.17, 15) is 13.2 Å². The number of nitrogens with zero attached hydrogens (tertiary/aromatic N) is 2. The predicted molar refractivity (Wildman–Crippen MR) is 110 cm³/mol. The number of likely N-dealkylation sites (N-methyl/N-ethyl adjacent to an activating group) is 1. The highest BCUT2D eigenvalue weighted by Crippen LogP contribution is 2.20. The van der Waals surface area contributed by atoms with Crippen molar-refractivity contribution in [1.82, 2.24) is 4.90 Å². The number of piperazine rings is 1. The van der Waals surface area contributed by atoms with Crippen molar-refractivity contribution in [2.75, 3.05) is 56.2 Å². The van der Waals surface area contributed by atoms with E-state index >= 15 is 0 Å². The largest absolute Gasteiger partial charge is 0.497 e. The molecule has 2 atom stereocenters. The van der Waals surface area contributed by atoms with Crippen LogP contribution in [0.2, 0.25) is 0 Å². The lowest BCUT2D eigenvalue weighted by molar-refractivity contribution is -0.915. The molecule has 7 nitrogen and oxygen atoms in total. The minimum absolute atomic E-state index is 0.0810. The van der Waals surface area contributed by atoms with Crippen molar-refractivity contribution >= 4 is 21.4 Å². The first-order chi connectivity index (χ1) is 13.3. The van der Waals surface area contributed by atoms with Crippen LogP contribution in [0.4, 0.5) is 5.69 Å². The summed E-state index contributed by atoms with van der Waals surface area (Å²) in [6.45, 7) is 8.04. The molecular weight excluding hydrogens is 378 g/mol. The fourth-order valence-corrected chi connectivity index (χ4v) is 6.05. The highest BCUT2D eigenvalue weighted by Gasteiger charge is 2.38. The topological polar surface area (TPSA) is 71.4 Å². The third-order valence-electron chi connectivity index (χ3n) is 6.10. The van der Waals surface area contributed by atoms with Gasteiger partial charge in [-0.2, -0.15) is 0 Å². The molecule has 28 heavy (non-hydrogen) atoms. The number of methoxy groups -OCH3 is 1. The number of rotatable bonds is 6. The number of amides is 1. The van der Waals surface area contributed by atoms with Crippen LogP contribution < -0.4 is 14.5 Å². The van der Waals surface area contributed by atoms with Gasteiger partial charge in [0.2, 0.25) is 0 Å². The summed E-state index contributed by atoms with van der Waals surface area (Å²) in [6.07, 6.45) is 0.565. The average molecular weight is 411 g/mol. The molecule has 156 valence electrons. The Balaban J connectivity index is 1.57. The fraction of sp³-hybridized carbons (Fsp3) is 0.650. The van der Waals surface area contributed by atoms with Crippen molar-refractivity contribution in [2.24, 2.45) is 0 Å². The van der Waals surface area contributed by atoms with Crippen molar-refractivity contribution in [1.29, 1.82) is 0 Å². The molecule has 1 N–H and O–H groups in total. The maximum absolute atomic E-state index is 13.1. The molecular formula is C20H32N3O4S+. The van der Waals surface area contributed by atoms with E-state index in [1.165, 1.54) is 10.6 Å². The van der Waals surface area contributed by atoms with Crippen molar-refractivity contribution in [2.45, 2.75) is 32.4 Å². The third-order valence-corrected chi connectivity index (χ3v) is 7.85.